The van der Waals surface area contributed by atoms with Crippen LogP contribution in [0.15, 0.2) is 60.3 Å². The molecule has 0 saturated carbocycles. The third-order valence-electron chi connectivity index (χ3n) is 5.57. The van der Waals surface area contributed by atoms with Gasteiger partial charge >= 0.3 is 0 Å². The molecule has 3 heterocycles. The van der Waals surface area contributed by atoms with Crippen LogP contribution in [-0.4, -0.2) is 26.5 Å². The van der Waals surface area contributed by atoms with E-state index in [-0.39, 0.29) is 10.7 Å². The van der Waals surface area contributed by atoms with E-state index in [1.807, 2.05) is 66.9 Å². The van der Waals surface area contributed by atoms with Crippen molar-refractivity contribution in [2.24, 2.45) is 0 Å². The Labute approximate surface area is 192 Å². The summed E-state index contributed by atoms with van der Waals surface area (Å²) < 4.78 is 1.99. The third-order valence-corrected chi connectivity index (χ3v) is 5.85. The number of amides is 2. The maximum atomic E-state index is 13.3. The van der Waals surface area contributed by atoms with Crippen molar-refractivity contribution in [3.8, 4) is 5.82 Å². The highest BCUT2D eigenvalue weighted by atomic mass is 32.1. The highest BCUT2D eigenvalue weighted by molar-refractivity contribution is 7.80. The molecule has 0 bridgehead atoms. The number of hydrogen-bond acceptors (Lipinski definition) is 4. The molecule has 1 saturated heterocycles. The highest BCUT2D eigenvalue weighted by Crippen LogP contribution is 2.26. The van der Waals surface area contributed by atoms with E-state index in [9.17, 15) is 9.59 Å². The summed E-state index contributed by atoms with van der Waals surface area (Å²) in [4.78, 5) is 31.8. The molecule has 0 unspecified atom stereocenters. The van der Waals surface area contributed by atoms with Gasteiger partial charge in [-0.2, -0.15) is 0 Å². The topological polar surface area (TPSA) is 67.2 Å². The standard InChI is InChI=1S/C25H24N4O2S/c1-15(2)18-8-10-20(11-9-18)29-24(31)21(23(30)27-25(29)32)14-19-13-16(3)28(17(19)4)22-7-5-6-12-26-22/h5-15H,1-4H3,(H,27,30,32)/b21-14+. The Bertz CT molecular complexity index is 1240. The average Bonchev–Trinajstić information content (AvgIpc) is 3.04. The van der Waals surface area contributed by atoms with Crippen molar-refractivity contribution in [1.29, 1.82) is 0 Å². The summed E-state index contributed by atoms with van der Waals surface area (Å²) in [6, 6.07) is 15.3. The predicted molar refractivity (Wildman–Crippen MR) is 130 cm³/mol. The number of nitrogens with one attached hydrogen (secondary N) is 1. The lowest BCUT2D eigenvalue weighted by Crippen LogP contribution is -2.54. The Hall–Kier alpha value is -3.58. The van der Waals surface area contributed by atoms with Crippen LogP contribution in [0.25, 0.3) is 11.9 Å². The molecule has 0 radical (unpaired) electrons. The minimum Gasteiger partial charge on any atom is -0.303 e. The molecule has 1 aliphatic rings. The fraction of sp³-hybridized carbons (Fsp3) is 0.200. The monoisotopic (exact) mass is 444 g/mol. The van der Waals surface area contributed by atoms with E-state index in [2.05, 4.69) is 24.1 Å². The van der Waals surface area contributed by atoms with E-state index in [4.69, 9.17) is 12.2 Å². The van der Waals surface area contributed by atoms with Gasteiger partial charge in [-0.3, -0.25) is 19.8 Å². The Kier molecular flexibility index (Phi) is 5.76. The van der Waals surface area contributed by atoms with Gasteiger partial charge in [-0.15, -0.1) is 0 Å². The smallest absolute Gasteiger partial charge is 0.270 e. The molecule has 1 N–H and O–H groups in total. The summed E-state index contributed by atoms with van der Waals surface area (Å²) in [6.07, 6.45) is 3.35. The van der Waals surface area contributed by atoms with Gasteiger partial charge in [-0.25, -0.2) is 4.98 Å². The second kappa shape index (κ2) is 8.51. The Morgan fingerprint density at radius 2 is 1.78 bits per heavy atom. The zero-order valence-electron chi connectivity index (χ0n) is 18.4. The van der Waals surface area contributed by atoms with Crippen LogP contribution in [0, 0.1) is 13.8 Å². The second-order valence-electron chi connectivity index (χ2n) is 8.05. The Morgan fingerprint density at radius 1 is 1.06 bits per heavy atom. The molecule has 1 aromatic carbocycles. The van der Waals surface area contributed by atoms with Crippen molar-refractivity contribution < 1.29 is 9.59 Å². The van der Waals surface area contributed by atoms with Crippen LogP contribution in [0.2, 0.25) is 0 Å². The number of hydrogen-bond donors (Lipinski definition) is 1. The molecule has 6 nitrogen and oxygen atoms in total. The van der Waals surface area contributed by atoms with E-state index in [0.717, 1.165) is 28.3 Å². The Morgan fingerprint density at radius 3 is 2.41 bits per heavy atom. The summed E-state index contributed by atoms with van der Waals surface area (Å²) in [5.41, 5.74) is 4.42. The number of rotatable bonds is 4. The number of anilines is 1. The number of aromatic nitrogens is 2. The number of carbonyl (C=O) groups excluding carboxylic acids is 2. The minimum atomic E-state index is -0.502. The van der Waals surface area contributed by atoms with Crippen LogP contribution in [-0.2, 0) is 9.59 Å². The van der Waals surface area contributed by atoms with E-state index in [0.29, 0.717) is 11.6 Å². The van der Waals surface area contributed by atoms with Crippen LogP contribution in [0.4, 0.5) is 5.69 Å². The van der Waals surface area contributed by atoms with Crippen molar-refractivity contribution in [3.05, 3.63) is 82.8 Å². The first-order valence-electron chi connectivity index (χ1n) is 10.4. The first kappa shape index (κ1) is 21.6. The molecule has 1 aliphatic heterocycles. The molecule has 2 aromatic heterocycles. The lowest BCUT2D eigenvalue weighted by Gasteiger charge is -2.29. The quantitative estimate of drug-likeness (QED) is 0.367. The summed E-state index contributed by atoms with van der Waals surface area (Å²) in [5, 5.41) is 2.73. The summed E-state index contributed by atoms with van der Waals surface area (Å²) in [7, 11) is 0. The van der Waals surface area contributed by atoms with Crippen LogP contribution < -0.4 is 10.2 Å². The van der Waals surface area contributed by atoms with Gasteiger partial charge in [-0.05, 0) is 79.5 Å². The van der Waals surface area contributed by atoms with Crippen molar-refractivity contribution in [2.45, 2.75) is 33.6 Å². The number of aryl methyl sites for hydroxylation is 1. The van der Waals surface area contributed by atoms with E-state index < -0.39 is 11.8 Å². The van der Waals surface area contributed by atoms with Gasteiger partial charge in [-0.1, -0.05) is 32.0 Å². The van der Waals surface area contributed by atoms with Crippen LogP contribution >= 0.6 is 12.2 Å². The summed E-state index contributed by atoms with van der Waals surface area (Å²) in [6.45, 7) is 8.11. The fourth-order valence-corrected chi connectivity index (χ4v) is 4.11. The van der Waals surface area contributed by atoms with Crippen molar-refractivity contribution in [1.82, 2.24) is 14.9 Å². The average molecular weight is 445 g/mol. The van der Waals surface area contributed by atoms with Gasteiger partial charge in [0.15, 0.2) is 5.11 Å². The predicted octanol–water partition coefficient (Wildman–Crippen LogP) is 4.44. The van der Waals surface area contributed by atoms with E-state index in [1.54, 1.807) is 12.3 Å². The molecule has 7 heteroatoms. The second-order valence-corrected chi connectivity index (χ2v) is 8.44. The van der Waals surface area contributed by atoms with Crippen molar-refractivity contribution >= 4 is 40.9 Å². The first-order valence-corrected chi connectivity index (χ1v) is 10.8. The van der Waals surface area contributed by atoms with Crippen molar-refractivity contribution in [2.75, 3.05) is 4.90 Å². The number of nitrogens with zero attached hydrogens (tertiary/aromatic N) is 3. The number of pyridine rings is 1. The number of benzene rings is 1. The molecule has 4 rings (SSSR count). The van der Waals surface area contributed by atoms with Gasteiger partial charge < -0.3 is 4.57 Å². The lowest BCUT2D eigenvalue weighted by molar-refractivity contribution is -0.122. The van der Waals surface area contributed by atoms with Gasteiger partial charge in [0.1, 0.15) is 11.4 Å². The molecular formula is C25H24N4O2S. The minimum absolute atomic E-state index is 0.0350. The molecule has 162 valence electrons. The largest absolute Gasteiger partial charge is 0.303 e. The third kappa shape index (κ3) is 3.87. The zero-order chi connectivity index (χ0) is 23.0. The number of carbonyl (C=O) groups is 2. The molecule has 0 spiro atoms. The van der Waals surface area contributed by atoms with Gasteiger partial charge in [0.05, 0.1) is 5.69 Å². The number of thiocarbonyl (C=S) groups is 1. The zero-order valence-corrected chi connectivity index (χ0v) is 19.2. The first-order chi connectivity index (χ1) is 15.3. The van der Waals surface area contributed by atoms with Crippen molar-refractivity contribution in [3.63, 3.8) is 0 Å². The summed E-state index contributed by atoms with van der Waals surface area (Å²) in [5.74, 6) is 0.202. The highest BCUT2D eigenvalue weighted by Gasteiger charge is 2.34. The summed E-state index contributed by atoms with van der Waals surface area (Å²) >= 11 is 5.31. The maximum absolute atomic E-state index is 13.3. The Balaban J connectivity index is 1.73. The van der Waals surface area contributed by atoms with Crippen LogP contribution in [0.1, 0.15) is 42.3 Å². The van der Waals surface area contributed by atoms with Gasteiger partial charge in [0, 0.05) is 17.6 Å². The molecule has 3 aromatic rings. The normalized spacial score (nSPS) is 15.6. The molecule has 1 fully saturated rings. The fourth-order valence-electron chi connectivity index (χ4n) is 3.83. The van der Waals surface area contributed by atoms with Crippen LogP contribution in [0.5, 0.6) is 0 Å². The lowest BCUT2D eigenvalue weighted by atomic mass is 10.0. The maximum Gasteiger partial charge on any atom is 0.270 e. The van der Waals surface area contributed by atoms with E-state index >= 15 is 0 Å². The van der Waals surface area contributed by atoms with Crippen LogP contribution in [0.3, 0.4) is 0 Å². The van der Waals surface area contributed by atoms with Gasteiger partial charge in [0.2, 0.25) is 0 Å². The molecule has 32 heavy (non-hydrogen) atoms. The van der Waals surface area contributed by atoms with Gasteiger partial charge in [0.25, 0.3) is 11.8 Å². The molecular weight excluding hydrogens is 420 g/mol. The molecule has 2 amide bonds. The molecule has 0 aliphatic carbocycles. The SMILES string of the molecule is Cc1cc(/C=C2\C(=O)NC(=S)N(c3ccc(C(C)C)cc3)C2=O)c(C)n1-c1ccccn1. The van der Waals surface area contributed by atoms with E-state index in [1.165, 1.54) is 4.90 Å². The molecule has 0 atom stereocenters.